The van der Waals surface area contributed by atoms with Crippen molar-refractivity contribution in [3.63, 3.8) is 0 Å². The highest BCUT2D eigenvalue weighted by atomic mass is 33.1. The summed E-state index contributed by atoms with van der Waals surface area (Å²) >= 11 is 3.86. The standard InChI is InChI=1S/C9H17N3O2S2/c1-11(8(13)6-10-16-15)7-9(14)12-4-2-3-5-12/h10,15H,2-7H2,1H3. The third-order valence-electron chi connectivity index (χ3n) is 2.54. The molecule has 0 aromatic carbocycles. The minimum absolute atomic E-state index is 0.0341. The average molecular weight is 263 g/mol. The molecule has 7 heteroatoms. The van der Waals surface area contributed by atoms with E-state index in [1.165, 1.54) is 4.90 Å². The highest BCUT2D eigenvalue weighted by Crippen LogP contribution is 2.07. The van der Waals surface area contributed by atoms with Gasteiger partial charge in [0.1, 0.15) is 0 Å². The summed E-state index contributed by atoms with van der Waals surface area (Å²) in [5, 5.41) is 0. The molecule has 16 heavy (non-hydrogen) atoms. The monoisotopic (exact) mass is 263 g/mol. The van der Waals surface area contributed by atoms with Gasteiger partial charge in [-0.25, -0.2) is 4.72 Å². The molecular weight excluding hydrogens is 246 g/mol. The zero-order valence-electron chi connectivity index (χ0n) is 9.31. The summed E-state index contributed by atoms with van der Waals surface area (Å²) < 4.78 is 2.74. The Morgan fingerprint density at radius 3 is 2.62 bits per heavy atom. The van der Waals surface area contributed by atoms with Gasteiger partial charge in [-0.2, -0.15) is 0 Å². The van der Waals surface area contributed by atoms with E-state index in [-0.39, 0.29) is 24.9 Å². The first-order valence-corrected chi connectivity index (χ1v) is 7.07. The summed E-state index contributed by atoms with van der Waals surface area (Å²) in [5.74, 6) is -0.0685. The van der Waals surface area contributed by atoms with Crippen LogP contribution in [0.25, 0.3) is 0 Å². The first-order chi connectivity index (χ1) is 7.65. The van der Waals surface area contributed by atoms with Crippen molar-refractivity contribution >= 4 is 34.5 Å². The van der Waals surface area contributed by atoms with Crippen LogP contribution in [0.5, 0.6) is 0 Å². The van der Waals surface area contributed by atoms with Crippen molar-refractivity contribution in [2.75, 3.05) is 33.2 Å². The molecule has 1 heterocycles. The average Bonchev–Trinajstić information content (AvgIpc) is 2.79. The van der Waals surface area contributed by atoms with Crippen molar-refractivity contribution in [3.05, 3.63) is 0 Å². The maximum atomic E-state index is 11.7. The van der Waals surface area contributed by atoms with Gasteiger partial charge in [-0.1, -0.05) is 11.7 Å². The largest absolute Gasteiger partial charge is 0.341 e. The fourth-order valence-corrected chi connectivity index (χ4v) is 1.97. The first-order valence-electron chi connectivity index (χ1n) is 5.20. The van der Waals surface area contributed by atoms with E-state index >= 15 is 0 Å². The summed E-state index contributed by atoms with van der Waals surface area (Å²) in [6.07, 6.45) is 2.14. The predicted octanol–water partition coefficient (Wildman–Crippen LogP) is 0.150. The van der Waals surface area contributed by atoms with E-state index in [0.717, 1.165) is 36.9 Å². The van der Waals surface area contributed by atoms with Crippen molar-refractivity contribution in [3.8, 4) is 0 Å². The van der Waals surface area contributed by atoms with Crippen LogP contribution in [0.3, 0.4) is 0 Å². The molecule has 2 amide bonds. The highest BCUT2D eigenvalue weighted by Gasteiger charge is 2.20. The van der Waals surface area contributed by atoms with E-state index in [9.17, 15) is 9.59 Å². The summed E-state index contributed by atoms with van der Waals surface area (Å²) in [6.45, 7) is 2.01. The van der Waals surface area contributed by atoms with Gasteiger partial charge in [-0.05, 0) is 23.8 Å². The molecule has 1 aliphatic heterocycles. The van der Waals surface area contributed by atoms with Gasteiger partial charge in [-0.3, -0.25) is 9.59 Å². The molecule has 0 aromatic rings. The Labute approximate surface area is 105 Å². The van der Waals surface area contributed by atoms with Gasteiger partial charge in [0.2, 0.25) is 11.8 Å². The molecule has 1 aliphatic rings. The molecule has 1 rings (SSSR count). The van der Waals surface area contributed by atoms with Gasteiger partial charge in [0.15, 0.2) is 0 Å². The number of carbonyl (C=O) groups excluding carboxylic acids is 2. The molecule has 0 saturated carbocycles. The molecule has 1 saturated heterocycles. The molecule has 0 spiro atoms. The smallest absolute Gasteiger partial charge is 0.242 e. The molecule has 0 unspecified atom stereocenters. The summed E-state index contributed by atoms with van der Waals surface area (Å²) in [5.41, 5.74) is 0. The molecule has 1 fully saturated rings. The van der Waals surface area contributed by atoms with E-state index in [4.69, 9.17) is 0 Å². The minimum Gasteiger partial charge on any atom is -0.341 e. The number of nitrogens with one attached hydrogen (secondary N) is 1. The Balaban J connectivity index is 2.29. The van der Waals surface area contributed by atoms with Gasteiger partial charge < -0.3 is 9.80 Å². The van der Waals surface area contributed by atoms with Gasteiger partial charge in [0.05, 0.1) is 13.1 Å². The van der Waals surface area contributed by atoms with Crippen LogP contribution in [0.1, 0.15) is 12.8 Å². The van der Waals surface area contributed by atoms with E-state index < -0.39 is 0 Å². The Morgan fingerprint density at radius 1 is 1.44 bits per heavy atom. The lowest BCUT2D eigenvalue weighted by molar-refractivity contribution is -0.138. The van der Waals surface area contributed by atoms with Crippen LogP contribution in [0.4, 0.5) is 0 Å². The molecule has 5 nitrogen and oxygen atoms in total. The second kappa shape index (κ2) is 7.03. The quantitative estimate of drug-likeness (QED) is 0.421. The van der Waals surface area contributed by atoms with E-state index in [0.29, 0.717) is 0 Å². The Kier molecular flexibility index (Phi) is 6.00. The third kappa shape index (κ3) is 4.23. The zero-order chi connectivity index (χ0) is 12.0. The molecule has 92 valence electrons. The number of thiol groups is 1. The number of carbonyl (C=O) groups is 2. The molecule has 0 aliphatic carbocycles. The predicted molar refractivity (Wildman–Crippen MR) is 68.0 cm³/mol. The molecule has 0 radical (unpaired) electrons. The lowest BCUT2D eigenvalue weighted by Crippen LogP contribution is -2.42. The Morgan fingerprint density at radius 2 is 2.06 bits per heavy atom. The minimum atomic E-state index is -0.103. The van der Waals surface area contributed by atoms with Crippen LogP contribution in [0.2, 0.25) is 0 Å². The lowest BCUT2D eigenvalue weighted by atomic mass is 10.4. The van der Waals surface area contributed by atoms with E-state index in [1.807, 2.05) is 4.90 Å². The highest BCUT2D eigenvalue weighted by molar-refractivity contribution is 8.67. The maximum absolute atomic E-state index is 11.7. The van der Waals surface area contributed by atoms with Crippen LogP contribution in [-0.2, 0) is 9.59 Å². The van der Waals surface area contributed by atoms with Crippen LogP contribution in [0, 0.1) is 0 Å². The van der Waals surface area contributed by atoms with Crippen molar-refractivity contribution in [1.82, 2.24) is 14.5 Å². The molecule has 0 bridgehead atoms. The SMILES string of the molecule is CN(CC(=O)N1CCCC1)C(=O)CNSS. The van der Waals surface area contributed by atoms with Crippen molar-refractivity contribution in [1.29, 1.82) is 0 Å². The zero-order valence-corrected chi connectivity index (χ0v) is 11.0. The number of amides is 2. The first kappa shape index (κ1) is 13.7. The van der Waals surface area contributed by atoms with Crippen LogP contribution in [0.15, 0.2) is 0 Å². The number of likely N-dealkylation sites (N-methyl/N-ethyl adjacent to an activating group) is 1. The number of hydrogen-bond acceptors (Lipinski definition) is 5. The Hall–Kier alpha value is -0.400. The molecule has 0 aromatic heterocycles. The fourth-order valence-electron chi connectivity index (χ4n) is 1.59. The number of nitrogens with zero attached hydrogens (tertiary/aromatic N) is 2. The lowest BCUT2D eigenvalue weighted by Gasteiger charge is -2.21. The van der Waals surface area contributed by atoms with Crippen molar-refractivity contribution in [2.45, 2.75) is 12.8 Å². The summed E-state index contributed by atoms with van der Waals surface area (Å²) in [6, 6.07) is 0. The van der Waals surface area contributed by atoms with Crippen LogP contribution >= 0.6 is 22.6 Å². The number of hydrogen-bond donors (Lipinski definition) is 2. The van der Waals surface area contributed by atoms with Crippen molar-refractivity contribution in [2.24, 2.45) is 0 Å². The number of likely N-dealkylation sites (tertiary alicyclic amines) is 1. The third-order valence-corrected chi connectivity index (χ3v) is 3.21. The van der Waals surface area contributed by atoms with Gasteiger partial charge in [0, 0.05) is 20.1 Å². The second-order valence-corrected chi connectivity index (χ2v) is 4.77. The summed E-state index contributed by atoms with van der Waals surface area (Å²) in [7, 11) is 2.73. The normalized spacial score (nSPS) is 15.2. The van der Waals surface area contributed by atoms with Crippen LogP contribution in [-0.4, -0.2) is 54.8 Å². The topological polar surface area (TPSA) is 52.7 Å². The fraction of sp³-hybridized carbons (Fsp3) is 0.778. The molecule has 0 atom stereocenters. The van der Waals surface area contributed by atoms with Gasteiger partial charge in [-0.15, -0.1) is 0 Å². The van der Waals surface area contributed by atoms with Crippen LogP contribution < -0.4 is 4.72 Å². The van der Waals surface area contributed by atoms with E-state index in [1.54, 1.807) is 7.05 Å². The maximum Gasteiger partial charge on any atom is 0.242 e. The molecule has 1 N–H and O–H groups in total. The molecular formula is C9H17N3O2S2. The van der Waals surface area contributed by atoms with Crippen molar-refractivity contribution < 1.29 is 9.59 Å². The van der Waals surface area contributed by atoms with E-state index in [2.05, 4.69) is 16.4 Å². The number of rotatable bonds is 5. The second-order valence-electron chi connectivity index (χ2n) is 3.75. The Bertz CT molecular complexity index is 257. The summed E-state index contributed by atoms with van der Waals surface area (Å²) in [4.78, 5) is 26.5. The van der Waals surface area contributed by atoms with Gasteiger partial charge >= 0.3 is 0 Å². The van der Waals surface area contributed by atoms with Gasteiger partial charge in [0.25, 0.3) is 0 Å².